The van der Waals surface area contributed by atoms with Crippen molar-refractivity contribution in [3.63, 3.8) is 0 Å². The van der Waals surface area contributed by atoms with E-state index in [1.165, 1.54) is 0 Å². The fourth-order valence-corrected chi connectivity index (χ4v) is 0.375. The van der Waals surface area contributed by atoms with E-state index in [0.717, 1.165) is 0 Å². The van der Waals surface area contributed by atoms with Crippen LogP contribution in [0.3, 0.4) is 0 Å². The van der Waals surface area contributed by atoms with Gasteiger partial charge in [0.05, 0.1) is 37.2 Å². The van der Waals surface area contributed by atoms with Crippen molar-refractivity contribution in [3.05, 3.63) is 0 Å². The van der Waals surface area contributed by atoms with Gasteiger partial charge in [0.1, 0.15) is 0 Å². The highest BCUT2D eigenvalue weighted by atomic mass is 17.2. The van der Waals surface area contributed by atoms with Gasteiger partial charge in [0.2, 0.25) is 0 Å². The summed E-state index contributed by atoms with van der Waals surface area (Å²) in [6.07, 6.45) is 0. The molecule has 0 saturated heterocycles. The monoisotopic (exact) mass is 168 g/mol. The molecule has 0 bridgehead atoms. The van der Waals surface area contributed by atoms with Crippen molar-refractivity contribution < 1.29 is 9.78 Å². The number of nitrogens with zero attached hydrogens (tertiary/aromatic N) is 2. The Morgan fingerprint density at radius 3 is 1.58 bits per heavy atom. The maximum absolute atomic E-state index is 8.35. The van der Waals surface area contributed by atoms with Crippen molar-refractivity contribution in [2.45, 2.75) is 13.8 Å². The van der Waals surface area contributed by atoms with E-state index in [4.69, 9.17) is 10.5 Å². The molecule has 0 N–H and O–H groups in total. The first kappa shape index (κ1) is 10.9. The third-order valence-corrected chi connectivity index (χ3v) is 1.16. The SMILES string of the molecule is CC(C#N)COOCC(C)C#N. The molecule has 0 saturated carbocycles. The molecule has 12 heavy (non-hydrogen) atoms. The molecule has 2 atom stereocenters. The average Bonchev–Trinajstić information content (AvgIpc) is 2.11. The maximum Gasteiger partial charge on any atom is 0.0977 e. The van der Waals surface area contributed by atoms with Crippen molar-refractivity contribution in [2.75, 3.05) is 13.2 Å². The zero-order chi connectivity index (χ0) is 9.40. The van der Waals surface area contributed by atoms with Crippen molar-refractivity contribution in [1.29, 1.82) is 10.5 Å². The number of rotatable bonds is 5. The Labute approximate surface area is 72.2 Å². The second kappa shape index (κ2) is 6.60. The standard InChI is InChI=1S/C8H12N2O2/c1-7(3-9)5-11-12-6-8(2)4-10/h7-8H,5-6H2,1-2H3. The summed E-state index contributed by atoms with van der Waals surface area (Å²) in [7, 11) is 0. The van der Waals surface area contributed by atoms with Crippen LogP contribution in [0.1, 0.15) is 13.8 Å². The molecule has 4 nitrogen and oxygen atoms in total. The fraction of sp³-hybridized carbons (Fsp3) is 0.750. The van der Waals surface area contributed by atoms with Crippen LogP contribution in [0.2, 0.25) is 0 Å². The zero-order valence-electron chi connectivity index (χ0n) is 7.28. The molecule has 0 aliphatic rings. The predicted molar refractivity (Wildman–Crippen MR) is 41.5 cm³/mol. The van der Waals surface area contributed by atoms with E-state index in [0.29, 0.717) is 0 Å². The molecule has 0 aliphatic carbocycles. The summed E-state index contributed by atoms with van der Waals surface area (Å²) in [4.78, 5) is 9.37. The van der Waals surface area contributed by atoms with Crippen LogP contribution in [-0.4, -0.2) is 13.2 Å². The third-order valence-electron chi connectivity index (χ3n) is 1.16. The summed E-state index contributed by atoms with van der Waals surface area (Å²) in [6, 6.07) is 3.99. The average molecular weight is 168 g/mol. The van der Waals surface area contributed by atoms with E-state index in [9.17, 15) is 0 Å². The van der Waals surface area contributed by atoms with Crippen LogP contribution >= 0.6 is 0 Å². The molecule has 0 fully saturated rings. The number of nitriles is 2. The molecule has 0 heterocycles. The quantitative estimate of drug-likeness (QED) is 0.352. The topological polar surface area (TPSA) is 66.0 Å². The fourth-order valence-electron chi connectivity index (χ4n) is 0.375. The minimum Gasteiger partial charge on any atom is -0.235 e. The second-order valence-electron chi connectivity index (χ2n) is 2.63. The number of hydrogen-bond donors (Lipinski definition) is 0. The van der Waals surface area contributed by atoms with Crippen LogP contribution in [0.15, 0.2) is 0 Å². The van der Waals surface area contributed by atoms with Gasteiger partial charge in [-0.1, -0.05) is 0 Å². The summed E-state index contributed by atoms with van der Waals surface area (Å²) in [5.74, 6) is -0.357. The predicted octanol–water partition coefficient (Wildman–Crippen LogP) is 1.25. The highest BCUT2D eigenvalue weighted by Crippen LogP contribution is 1.96. The molecule has 4 heteroatoms. The summed E-state index contributed by atoms with van der Waals surface area (Å²) < 4.78 is 0. The molecule has 0 aromatic rings. The lowest BCUT2D eigenvalue weighted by molar-refractivity contribution is -0.301. The molecule has 66 valence electrons. The smallest absolute Gasteiger partial charge is 0.0977 e. The Morgan fingerprint density at radius 1 is 1.00 bits per heavy atom. The van der Waals surface area contributed by atoms with Crippen LogP contribution in [0.5, 0.6) is 0 Å². The van der Waals surface area contributed by atoms with E-state index in [1.54, 1.807) is 13.8 Å². The van der Waals surface area contributed by atoms with E-state index >= 15 is 0 Å². The first-order valence-electron chi connectivity index (χ1n) is 3.74. The Balaban J connectivity index is 3.24. The highest BCUT2D eigenvalue weighted by Gasteiger charge is 2.02. The molecule has 2 unspecified atom stereocenters. The lowest BCUT2D eigenvalue weighted by Crippen LogP contribution is -2.08. The highest BCUT2D eigenvalue weighted by molar-refractivity contribution is 4.78. The van der Waals surface area contributed by atoms with Gasteiger partial charge >= 0.3 is 0 Å². The lowest BCUT2D eigenvalue weighted by atomic mass is 10.2. The van der Waals surface area contributed by atoms with Crippen molar-refractivity contribution in [1.82, 2.24) is 0 Å². The van der Waals surface area contributed by atoms with Gasteiger partial charge in [-0.05, 0) is 13.8 Å². The third kappa shape index (κ3) is 5.67. The molecule has 0 spiro atoms. The van der Waals surface area contributed by atoms with Crippen molar-refractivity contribution in [3.8, 4) is 12.1 Å². The van der Waals surface area contributed by atoms with Gasteiger partial charge in [0, 0.05) is 0 Å². The molecule has 0 aromatic carbocycles. The Morgan fingerprint density at radius 2 is 1.33 bits per heavy atom. The first-order chi connectivity index (χ1) is 5.70. The Hall–Kier alpha value is -1.10. The van der Waals surface area contributed by atoms with Gasteiger partial charge in [0.15, 0.2) is 0 Å². The zero-order valence-corrected chi connectivity index (χ0v) is 7.28. The van der Waals surface area contributed by atoms with Gasteiger partial charge in [-0.2, -0.15) is 10.5 Å². The van der Waals surface area contributed by atoms with E-state index in [2.05, 4.69) is 9.78 Å². The van der Waals surface area contributed by atoms with Gasteiger partial charge in [-0.3, -0.25) is 0 Å². The summed E-state index contributed by atoms with van der Waals surface area (Å²) >= 11 is 0. The second-order valence-corrected chi connectivity index (χ2v) is 2.63. The molecular weight excluding hydrogens is 156 g/mol. The summed E-state index contributed by atoms with van der Waals surface area (Å²) in [5, 5.41) is 16.7. The molecule has 0 aromatic heterocycles. The van der Waals surface area contributed by atoms with Gasteiger partial charge in [0.25, 0.3) is 0 Å². The van der Waals surface area contributed by atoms with Crippen molar-refractivity contribution in [2.24, 2.45) is 11.8 Å². The summed E-state index contributed by atoms with van der Waals surface area (Å²) in [5.41, 5.74) is 0. The van der Waals surface area contributed by atoms with Gasteiger partial charge in [-0.15, -0.1) is 0 Å². The maximum atomic E-state index is 8.35. The van der Waals surface area contributed by atoms with Crippen LogP contribution < -0.4 is 0 Å². The molecule has 0 aliphatic heterocycles. The molecule has 0 radical (unpaired) electrons. The van der Waals surface area contributed by atoms with E-state index in [1.807, 2.05) is 12.1 Å². The molecular formula is C8H12N2O2. The summed E-state index contributed by atoms with van der Waals surface area (Å²) in [6.45, 7) is 3.96. The lowest BCUT2D eigenvalue weighted by Gasteiger charge is -2.05. The normalized spacial score (nSPS) is 14.3. The van der Waals surface area contributed by atoms with Crippen LogP contribution in [-0.2, 0) is 9.78 Å². The van der Waals surface area contributed by atoms with Crippen LogP contribution in [0, 0.1) is 34.5 Å². The van der Waals surface area contributed by atoms with Crippen LogP contribution in [0.25, 0.3) is 0 Å². The Bertz CT molecular complexity index is 170. The van der Waals surface area contributed by atoms with Gasteiger partial charge < -0.3 is 0 Å². The largest absolute Gasteiger partial charge is 0.235 e. The molecule has 0 amide bonds. The van der Waals surface area contributed by atoms with E-state index in [-0.39, 0.29) is 25.0 Å². The first-order valence-corrected chi connectivity index (χ1v) is 3.74. The van der Waals surface area contributed by atoms with Crippen molar-refractivity contribution >= 4 is 0 Å². The van der Waals surface area contributed by atoms with Gasteiger partial charge in [-0.25, -0.2) is 9.78 Å². The Kier molecular flexibility index (Phi) is 6.00. The number of hydrogen-bond acceptors (Lipinski definition) is 4. The molecule has 0 rings (SSSR count). The minimum absolute atomic E-state index is 0.178. The van der Waals surface area contributed by atoms with E-state index < -0.39 is 0 Å². The van der Waals surface area contributed by atoms with Crippen LogP contribution in [0.4, 0.5) is 0 Å². The minimum atomic E-state index is -0.178.